The molecular formula is C20H26N2O4. The van der Waals surface area contributed by atoms with Gasteiger partial charge in [0.1, 0.15) is 6.04 Å². The van der Waals surface area contributed by atoms with Crippen LogP contribution in [0.25, 0.3) is 0 Å². The molecule has 140 valence electrons. The lowest BCUT2D eigenvalue weighted by atomic mass is 9.84. The number of benzene rings is 1. The van der Waals surface area contributed by atoms with Crippen LogP contribution in [0.2, 0.25) is 0 Å². The van der Waals surface area contributed by atoms with Crippen molar-refractivity contribution in [2.24, 2.45) is 5.92 Å². The average Bonchev–Trinajstić information content (AvgIpc) is 3.05. The number of nitrogens with one attached hydrogen (secondary N) is 1. The van der Waals surface area contributed by atoms with Gasteiger partial charge >= 0.3 is 5.97 Å². The maximum Gasteiger partial charge on any atom is 0.326 e. The van der Waals surface area contributed by atoms with Gasteiger partial charge in [0.05, 0.1) is 0 Å². The zero-order valence-electron chi connectivity index (χ0n) is 15.1. The first kappa shape index (κ1) is 18.4. The Balaban J connectivity index is 1.85. The molecule has 0 spiro atoms. The predicted octanol–water partition coefficient (Wildman–Crippen LogP) is 2.68. The molecule has 0 radical (unpaired) electrons. The van der Waals surface area contributed by atoms with Crippen molar-refractivity contribution in [1.29, 1.82) is 0 Å². The summed E-state index contributed by atoms with van der Waals surface area (Å²) in [5.74, 6) is -1.17. The number of fused-ring (bicyclic) bond motifs is 1. The lowest BCUT2D eigenvalue weighted by molar-refractivity contribution is -0.141. The standard InChI is InChI=1S/C20H26N2O4/c1-2-10-21-18(23)14-7-5-8-15(11-14)19(24)22-16-9-4-3-6-13(16)12-17(22)20(25)26/h5,7-8,11,13,16-17H,2-4,6,9-10,12H2,1H3,(H,21,23)(H,25,26). The van der Waals surface area contributed by atoms with Crippen molar-refractivity contribution in [3.63, 3.8) is 0 Å². The second-order valence-corrected chi connectivity index (χ2v) is 7.25. The molecule has 0 aromatic heterocycles. The molecule has 2 aliphatic rings. The van der Waals surface area contributed by atoms with E-state index < -0.39 is 12.0 Å². The van der Waals surface area contributed by atoms with Crippen molar-refractivity contribution in [2.45, 2.75) is 57.5 Å². The second-order valence-electron chi connectivity index (χ2n) is 7.25. The number of carboxylic acid groups (broad SMARTS) is 1. The number of carbonyl (C=O) groups is 3. The van der Waals surface area contributed by atoms with Crippen molar-refractivity contribution in [2.75, 3.05) is 6.54 Å². The maximum absolute atomic E-state index is 13.1. The smallest absolute Gasteiger partial charge is 0.326 e. The fourth-order valence-electron chi connectivity index (χ4n) is 4.26. The van der Waals surface area contributed by atoms with E-state index in [4.69, 9.17) is 0 Å². The van der Waals surface area contributed by atoms with Crippen LogP contribution in [-0.2, 0) is 4.79 Å². The normalized spacial score (nSPS) is 24.8. The van der Waals surface area contributed by atoms with Gasteiger partial charge in [0.15, 0.2) is 0 Å². The van der Waals surface area contributed by atoms with Crippen LogP contribution in [0.5, 0.6) is 0 Å². The minimum Gasteiger partial charge on any atom is -0.480 e. The molecule has 1 aromatic rings. The highest BCUT2D eigenvalue weighted by atomic mass is 16.4. The van der Waals surface area contributed by atoms with Crippen LogP contribution in [0.1, 0.15) is 66.2 Å². The summed E-state index contributed by atoms with van der Waals surface area (Å²) in [6.45, 7) is 2.55. The molecule has 6 heteroatoms. The topological polar surface area (TPSA) is 86.7 Å². The van der Waals surface area contributed by atoms with Gasteiger partial charge in [-0.05, 0) is 49.8 Å². The Morgan fingerprint density at radius 2 is 1.92 bits per heavy atom. The number of carboxylic acids is 1. The Labute approximate surface area is 153 Å². The molecule has 1 aliphatic carbocycles. The summed E-state index contributed by atoms with van der Waals surface area (Å²) < 4.78 is 0. The lowest BCUT2D eigenvalue weighted by Gasteiger charge is -2.33. The van der Waals surface area contributed by atoms with E-state index in [1.165, 1.54) is 0 Å². The minimum atomic E-state index is -0.940. The van der Waals surface area contributed by atoms with Crippen molar-refractivity contribution < 1.29 is 19.5 Å². The number of aliphatic carboxylic acids is 1. The average molecular weight is 358 g/mol. The maximum atomic E-state index is 13.1. The highest BCUT2D eigenvalue weighted by Gasteiger charge is 2.47. The van der Waals surface area contributed by atoms with Gasteiger partial charge in [-0.25, -0.2) is 4.79 Å². The number of hydrogen-bond donors (Lipinski definition) is 2. The molecule has 1 aliphatic heterocycles. The Kier molecular flexibility index (Phi) is 5.59. The van der Waals surface area contributed by atoms with Crippen LogP contribution in [0, 0.1) is 5.92 Å². The molecule has 6 nitrogen and oxygen atoms in total. The monoisotopic (exact) mass is 358 g/mol. The van der Waals surface area contributed by atoms with Crippen molar-refractivity contribution in [3.05, 3.63) is 35.4 Å². The summed E-state index contributed by atoms with van der Waals surface area (Å²) in [5.41, 5.74) is 0.808. The third-order valence-corrected chi connectivity index (χ3v) is 5.51. The Bertz CT molecular complexity index is 703. The molecule has 3 atom stereocenters. The molecule has 0 bridgehead atoms. The van der Waals surface area contributed by atoms with E-state index in [9.17, 15) is 19.5 Å². The van der Waals surface area contributed by atoms with Crippen LogP contribution in [0.4, 0.5) is 0 Å². The summed E-state index contributed by atoms with van der Waals surface area (Å²) in [4.78, 5) is 38.6. The zero-order valence-corrected chi connectivity index (χ0v) is 15.1. The number of hydrogen-bond acceptors (Lipinski definition) is 3. The number of likely N-dealkylation sites (tertiary alicyclic amines) is 1. The van der Waals surface area contributed by atoms with Gasteiger partial charge < -0.3 is 15.3 Å². The van der Waals surface area contributed by atoms with Crippen LogP contribution in [-0.4, -0.2) is 46.4 Å². The molecule has 26 heavy (non-hydrogen) atoms. The van der Waals surface area contributed by atoms with Gasteiger partial charge in [-0.3, -0.25) is 9.59 Å². The summed E-state index contributed by atoms with van der Waals surface area (Å²) in [5, 5.41) is 12.4. The molecule has 3 rings (SSSR count). The van der Waals surface area contributed by atoms with Gasteiger partial charge in [-0.1, -0.05) is 25.8 Å². The quantitative estimate of drug-likeness (QED) is 0.847. The fourth-order valence-corrected chi connectivity index (χ4v) is 4.26. The zero-order chi connectivity index (χ0) is 18.7. The van der Waals surface area contributed by atoms with Gasteiger partial charge in [-0.2, -0.15) is 0 Å². The third kappa shape index (κ3) is 3.59. The molecule has 2 amide bonds. The highest BCUT2D eigenvalue weighted by molar-refractivity contribution is 6.01. The number of nitrogens with zero attached hydrogens (tertiary/aromatic N) is 1. The van der Waals surface area contributed by atoms with Crippen molar-refractivity contribution in [1.82, 2.24) is 10.2 Å². The largest absolute Gasteiger partial charge is 0.480 e. The van der Waals surface area contributed by atoms with Gasteiger partial charge in [0, 0.05) is 23.7 Å². The predicted molar refractivity (Wildman–Crippen MR) is 97.0 cm³/mol. The second kappa shape index (κ2) is 7.89. The van der Waals surface area contributed by atoms with Crippen molar-refractivity contribution >= 4 is 17.8 Å². The van der Waals surface area contributed by atoms with Crippen LogP contribution in [0.15, 0.2) is 24.3 Å². The summed E-state index contributed by atoms with van der Waals surface area (Å²) in [7, 11) is 0. The number of amides is 2. The number of rotatable bonds is 5. The molecule has 1 aromatic carbocycles. The molecule has 1 saturated carbocycles. The first-order chi connectivity index (χ1) is 12.5. The Morgan fingerprint density at radius 3 is 2.65 bits per heavy atom. The highest BCUT2D eigenvalue weighted by Crippen LogP contribution is 2.40. The van der Waals surface area contributed by atoms with E-state index in [1.54, 1.807) is 29.2 Å². The molecule has 1 saturated heterocycles. The van der Waals surface area contributed by atoms with Crippen LogP contribution < -0.4 is 5.32 Å². The molecular weight excluding hydrogens is 332 g/mol. The molecule has 3 unspecified atom stereocenters. The summed E-state index contributed by atoms with van der Waals surface area (Å²) in [6, 6.07) is 5.81. The molecule has 2 N–H and O–H groups in total. The molecule has 2 fully saturated rings. The minimum absolute atomic E-state index is 0.00470. The third-order valence-electron chi connectivity index (χ3n) is 5.51. The molecule has 1 heterocycles. The number of carbonyl (C=O) groups excluding carboxylic acids is 2. The van der Waals surface area contributed by atoms with Crippen LogP contribution in [0.3, 0.4) is 0 Å². The first-order valence-corrected chi connectivity index (χ1v) is 9.46. The van der Waals surface area contributed by atoms with E-state index in [2.05, 4.69) is 5.32 Å². The Hall–Kier alpha value is -2.37. The van der Waals surface area contributed by atoms with Gasteiger partial charge in [0.25, 0.3) is 11.8 Å². The lowest BCUT2D eigenvalue weighted by Crippen LogP contribution is -2.46. The first-order valence-electron chi connectivity index (χ1n) is 9.46. The van der Waals surface area contributed by atoms with E-state index in [0.29, 0.717) is 24.1 Å². The van der Waals surface area contributed by atoms with E-state index >= 15 is 0 Å². The van der Waals surface area contributed by atoms with Gasteiger partial charge in [-0.15, -0.1) is 0 Å². The van der Waals surface area contributed by atoms with Gasteiger partial charge in [0.2, 0.25) is 0 Å². The van der Waals surface area contributed by atoms with E-state index in [0.717, 1.165) is 32.1 Å². The van der Waals surface area contributed by atoms with Crippen LogP contribution >= 0.6 is 0 Å². The fraction of sp³-hybridized carbons (Fsp3) is 0.550. The van der Waals surface area contributed by atoms with Crippen molar-refractivity contribution in [3.8, 4) is 0 Å². The Morgan fingerprint density at radius 1 is 1.19 bits per heavy atom. The SMILES string of the molecule is CCCNC(=O)c1cccc(C(=O)N2C(C(=O)O)CC3CCCCC32)c1. The summed E-state index contributed by atoms with van der Waals surface area (Å²) >= 11 is 0. The summed E-state index contributed by atoms with van der Waals surface area (Å²) in [6.07, 6.45) is 5.33. The van der Waals surface area contributed by atoms with E-state index in [1.807, 2.05) is 6.92 Å². The van der Waals surface area contributed by atoms with E-state index in [-0.39, 0.29) is 23.8 Å².